The number of carbonyl (C=O) groups excluding carboxylic acids is 1. The minimum absolute atomic E-state index is 0.202. The van der Waals surface area contributed by atoms with Gasteiger partial charge in [0.15, 0.2) is 0 Å². The molecule has 1 atom stereocenters. The number of nitro groups is 1. The third kappa shape index (κ3) is 3.63. The van der Waals surface area contributed by atoms with Gasteiger partial charge in [-0.25, -0.2) is 13.2 Å². The number of amides is 1. The van der Waals surface area contributed by atoms with Crippen molar-refractivity contribution in [1.82, 2.24) is 5.32 Å². The Bertz CT molecular complexity index is 538. The van der Waals surface area contributed by atoms with E-state index in [-0.39, 0.29) is 12.1 Å². The van der Waals surface area contributed by atoms with Crippen molar-refractivity contribution < 1.29 is 32.4 Å². The van der Waals surface area contributed by atoms with Crippen LogP contribution in [-0.2, 0) is 0 Å². The normalized spacial score (nSPS) is 12.3. The molecule has 0 aliphatic carbocycles. The Morgan fingerprint density at radius 3 is 2.45 bits per heavy atom. The molecule has 0 aromatic heterocycles. The first-order valence-electron chi connectivity index (χ1n) is 5.12. The smallest absolute Gasteiger partial charge is 0.307 e. The zero-order chi connectivity index (χ0) is 15.4. The van der Waals surface area contributed by atoms with Crippen LogP contribution < -0.4 is 5.32 Å². The lowest BCUT2D eigenvalue weighted by Crippen LogP contribution is -2.36. The third-order valence-corrected chi connectivity index (χ3v) is 2.24. The van der Waals surface area contributed by atoms with Crippen molar-refractivity contribution in [1.29, 1.82) is 0 Å². The first-order valence-corrected chi connectivity index (χ1v) is 5.12. The number of aliphatic hydroxyl groups excluding tert-OH is 1. The van der Waals surface area contributed by atoms with Crippen molar-refractivity contribution in [2.75, 3.05) is 6.54 Å². The van der Waals surface area contributed by atoms with E-state index in [0.29, 0.717) is 0 Å². The summed E-state index contributed by atoms with van der Waals surface area (Å²) in [5, 5.41) is 20.8. The van der Waals surface area contributed by atoms with Crippen LogP contribution in [0.4, 0.5) is 23.2 Å². The minimum atomic E-state index is -3.12. The standard InChI is InChI=1S/C10H8F4N2O4/c11-5-2-7(16(19)20)6(12)1-4(5)10(18)15-3-8(17)9(13)14/h1-2,8-9,17H,3H2,(H,15,18). The van der Waals surface area contributed by atoms with Crippen molar-refractivity contribution in [3.63, 3.8) is 0 Å². The monoisotopic (exact) mass is 296 g/mol. The highest BCUT2D eigenvalue weighted by Gasteiger charge is 2.23. The second-order valence-electron chi connectivity index (χ2n) is 3.65. The molecule has 1 aromatic carbocycles. The van der Waals surface area contributed by atoms with Crippen LogP contribution in [-0.4, -0.2) is 35.0 Å². The van der Waals surface area contributed by atoms with Gasteiger partial charge in [-0.3, -0.25) is 14.9 Å². The van der Waals surface area contributed by atoms with E-state index in [2.05, 4.69) is 0 Å². The zero-order valence-corrected chi connectivity index (χ0v) is 9.65. The highest BCUT2D eigenvalue weighted by atomic mass is 19.3. The van der Waals surface area contributed by atoms with E-state index in [1.54, 1.807) is 5.32 Å². The van der Waals surface area contributed by atoms with E-state index in [1.807, 2.05) is 0 Å². The van der Waals surface area contributed by atoms with Crippen LogP contribution in [0.3, 0.4) is 0 Å². The quantitative estimate of drug-likeness (QED) is 0.485. The fourth-order valence-corrected chi connectivity index (χ4v) is 1.23. The molecule has 1 amide bonds. The summed E-state index contributed by atoms with van der Waals surface area (Å²) in [5.41, 5.74) is -2.05. The van der Waals surface area contributed by atoms with Crippen LogP contribution in [0, 0.1) is 21.7 Å². The van der Waals surface area contributed by atoms with Gasteiger partial charge in [0, 0.05) is 6.54 Å². The second kappa shape index (κ2) is 6.28. The highest BCUT2D eigenvalue weighted by molar-refractivity contribution is 5.94. The Morgan fingerprint density at radius 1 is 1.35 bits per heavy atom. The highest BCUT2D eigenvalue weighted by Crippen LogP contribution is 2.21. The molecule has 0 aliphatic rings. The van der Waals surface area contributed by atoms with Gasteiger partial charge in [-0.2, -0.15) is 4.39 Å². The van der Waals surface area contributed by atoms with Gasteiger partial charge in [0.25, 0.3) is 12.3 Å². The van der Waals surface area contributed by atoms with Crippen LogP contribution >= 0.6 is 0 Å². The van der Waals surface area contributed by atoms with Gasteiger partial charge in [0.05, 0.1) is 16.6 Å². The Kier molecular flexibility index (Phi) is 4.97. The summed E-state index contributed by atoms with van der Waals surface area (Å²) >= 11 is 0. The van der Waals surface area contributed by atoms with Crippen molar-refractivity contribution >= 4 is 11.6 Å². The van der Waals surface area contributed by atoms with Crippen LogP contribution in [0.15, 0.2) is 12.1 Å². The summed E-state index contributed by atoms with van der Waals surface area (Å²) in [4.78, 5) is 20.5. The zero-order valence-electron chi connectivity index (χ0n) is 9.65. The molecule has 1 aromatic rings. The lowest BCUT2D eigenvalue weighted by Gasteiger charge is -2.11. The molecule has 6 nitrogen and oxygen atoms in total. The van der Waals surface area contributed by atoms with E-state index >= 15 is 0 Å². The Hall–Kier alpha value is -2.23. The molecular formula is C10H8F4N2O4. The maximum atomic E-state index is 13.4. The van der Waals surface area contributed by atoms with Gasteiger partial charge in [-0.15, -0.1) is 0 Å². The summed E-state index contributed by atoms with van der Waals surface area (Å²) in [6.45, 7) is -0.880. The second-order valence-corrected chi connectivity index (χ2v) is 3.65. The molecule has 1 rings (SSSR count). The number of hydrogen-bond donors (Lipinski definition) is 2. The Morgan fingerprint density at radius 2 is 1.95 bits per heavy atom. The molecule has 0 spiro atoms. The molecule has 110 valence electrons. The molecule has 0 bridgehead atoms. The number of alkyl halides is 2. The maximum Gasteiger partial charge on any atom is 0.307 e. The first kappa shape index (κ1) is 15.8. The molecule has 0 radical (unpaired) electrons. The number of aliphatic hydroxyl groups is 1. The van der Waals surface area contributed by atoms with Crippen LogP contribution in [0.1, 0.15) is 10.4 Å². The Balaban J connectivity index is 2.89. The van der Waals surface area contributed by atoms with Crippen molar-refractivity contribution in [3.05, 3.63) is 39.4 Å². The van der Waals surface area contributed by atoms with Crippen molar-refractivity contribution in [3.8, 4) is 0 Å². The van der Waals surface area contributed by atoms with E-state index in [4.69, 9.17) is 5.11 Å². The van der Waals surface area contributed by atoms with E-state index < -0.39 is 52.8 Å². The summed E-state index contributed by atoms with van der Waals surface area (Å²) in [5.74, 6) is -4.12. The van der Waals surface area contributed by atoms with E-state index in [1.165, 1.54) is 0 Å². The number of benzene rings is 1. The largest absolute Gasteiger partial charge is 0.385 e. The van der Waals surface area contributed by atoms with Gasteiger partial charge < -0.3 is 10.4 Å². The molecule has 0 saturated heterocycles. The van der Waals surface area contributed by atoms with Crippen LogP contribution in [0.25, 0.3) is 0 Å². The lowest BCUT2D eigenvalue weighted by atomic mass is 10.1. The minimum Gasteiger partial charge on any atom is -0.385 e. The van der Waals surface area contributed by atoms with E-state index in [9.17, 15) is 32.5 Å². The van der Waals surface area contributed by atoms with Gasteiger partial charge >= 0.3 is 5.69 Å². The number of nitrogens with one attached hydrogen (secondary N) is 1. The third-order valence-electron chi connectivity index (χ3n) is 2.24. The number of rotatable bonds is 5. The van der Waals surface area contributed by atoms with Gasteiger partial charge in [-0.1, -0.05) is 0 Å². The number of nitro benzene ring substituents is 1. The average molecular weight is 296 g/mol. The topological polar surface area (TPSA) is 92.5 Å². The van der Waals surface area contributed by atoms with Crippen LogP contribution in [0.5, 0.6) is 0 Å². The number of hydrogen-bond acceptors (Lipinski definition) is 4. The summed E-state index contributed by atoms with van der Waals surface area (Å²) in [7, 11) is 0. The molecule has 2 N–H and O–H groups in total. The van der Waals surface area contributed by atoms with Crippen LogP contribution in [0.2, 0.25) is 0 Å². The molecule has 20 heavy (non-hydrogen) atoms. The van der Waals surface area contributed by atoms with Gasteiger partial charge in [0.1, 0.15) is 11.9 Å². The fraction of sp³-hybridized carbons (Fsp3) is 0.300. The molecular weight excluding hydrogens is 288 g/mol. The number of carbonyl (C=O) groups is 1. The molecule has 0 aliphatic heterocycles. The summed E-state index contributed by atoms with van der Waals surface area (Å²) in [6.07, 6.45) is -5.28. The predicted molar refractivity (Wildman–Crippen MR) is 57.4 cm³/mol. The Labute approximate surface area is 109 Å². The van der Waals surface area contributed by atoms with Crippen molar-refractivity contribution in [2.24, 2.45) is 0 Å². The molecule has 1 unspecified atom stereocenters. The molecule has 10 heteroatoms. The SMILES string of the molecule is O=C(NCC(O)C(F)F)c1cc(F)c([N+](=O)[O-])cc1F. The maximum absolute atomic E-state index is 13.4. The molecule has 0 heterocycles. The average Bonchev–Trinajstić information content (AvgIpc) is 2.37. The van der Waals surface area contributed by atoms with E-state index in [0.717, 1.165) is 0 Å². The molecule has 0 fully saturated rings. The number of halogens is 4. The van der Waals surface area contributed by atoms with Gasteiger partial charge in [-0.05, 0) is 6.07 Å². The number of nitrogens with zero attached hydrogens (tertiary/aromatic N) is 1. The summed E-state index contributed by atoms with van der Waals surface area (Å²) in [6, 6.07) is 0.478. The lowest BCUT2D eigenvalue weighted by molar-refractivity contribution is -0.387. The van der Waals surface area contributed by atoms with Crippen molar-refractivity contribution in [2.45, 2.75) is 12.5 Å². The summed E-state index contributed by atoms with van der Waals surface area (Å²) < 4.78 is 50.5. The van der Waals surface area contributed by atoms with Gasteiger partial charge in [0.2, 0.25) is 5.82 Å². The fourth-order valence-electron chi connectivity index (χ4n) is 1.23. The first-order chi connectivity index (χ1) is 9.23. The molecule has 0 saturated carbocycles. The predicted octanol–water partition coefficient (Wildman–Crippen LogP) is 1.23.